The summed E-state index contributed by atoms with van der Waals surface area (Å²) < 4.78 is 0. The van der Waals surface area contributed by atoms with Crippen LogP contribution in [0.25, 0.3) is 0 Å². The molecule has 2 heteroatoms. The fourth-order valence-electron chi connectivity index (χ4n) is 3.10. The van der Waals surface area contributed by atoms with Crippen molar-refractivity contribution in [1.82, 2.24) is 4.90 Å². The Hall–Kier alpha value is -0.860. The number of piperidine rings is 1. The van der Waals surface area contributed by atoms with Crippen molar-refractivity contribution in [3.05, 3.63) is 34.9 Å². The third-order valence-corrected chi connectivity index (χ3v) is 4.91. The summed E-state index contributed by atoms with van der Waals surface area (Å²) in [5.74, 6) is 0.655. The van der Waals surface area contributed by atoms with Gasteiger partial charge in [0.25, 0.3) is 0 Å². The molecular weight excluding hydrogens is 232 g/mol. The second kappa shape index (κ2) is 6.06. The van der Waals surface area contributed by atoms with Crippen LogP contribution in [0.4, 0.5) is 0 Å². The number of likely N-dealkylation sites (tertiary alicyclic amines) is 1. The Kier molecular flexibility index (Phi) is 4.64. The average Bonchev–Trinajstić information content (AvgIpc) is 2.41. The third-order valence-electron chi connectivity index (χ3n) is 4.91. The van der Waals surface area contributed by atoms with Crippen molar-refractivity contribution in [3.63, 3.8) is 0 Å². The highest BCUT2D eigenvalue weighted by atomic mass is 15.2. The summed E-state index contributed by atoms with van der Waals surface area (Å²) in [5, 5.41) is 0. The molecule has 1 heterocycles. The van der Waals surface area contributed by atoms with Crippen molar-refractivity contribution in [2.75, 3.05) is 13.1 Å². The van der Waals surface area contributed by atoms with Crippen LogP contribution in [0.15, 0.2) is 18.2 Å². The van der Waals surface area contributed by atoms with Crippen molar-refractivity contribution in [3.8, 4) is 0 Å². The summed E-state index contributed by atoms with van der Waals surface area (Å²) >= 11 is 0. The molecule has 2 N–H and O–H groups in total. The van der Waals surface area contributed by atoms with Gasteiger partial charge in [-0.25, -0.2) is 0 Å². The number of rotatable bonds is 3. The molecule has 1 aliphatic rings. The molecule has 106 valence electrons. The first kappa shape index (κ1) is 14.5. The Morgan fingerprint density at radius 3 is 2.68 bits per heavy atom. The lowest BCUT2D eigenvalue weighted by molar-refractivity contribution is 0.114. The molecule has 1 saturated heterocycles. The van der Waals surface area contributed by atoms with Crippen LogP contribution in [0, 0.1) is 19.8 Å². The van der Waals surface area contributed by atoms with Crippen molar-refractivity contribution in [2.45, 2.75) is 52.6 Å². The molecule has 2 nitrogen and oxygen atoms in total. The van der Waals surface area contributed by atoms with Gasteiger partial charge < -0.3 is 5.73 Å². The molecule has 0 radical (unpaired) electrons. The van der Waals surface area contributed by atoms with Crippen LogP contribution in [0.5, 0.6) is 0 Å². The van der Waals surface area contributed by atoms with E-state index in [1.54, 1.807) is 0 Å². The van der Waals surface area contributed by atoms with E-state index in [1.165, 1.54) is 23.1 Å². The summed E-state index contributed by atoms with van der Waals surface area (Å²) in [4.78, 5) is 2.60. The fraction of sp³-hybridized carbons (Fsp3) is 0.647. The van der Waals surface area contributed by atoms with E-state index >= 15 is 0 Å². The maximum atomic E-state index is 6.21. The quantitative estimate of drug-likeness (QED) is 0.902. The van der Waals surface area contributed by atoms with Gasteiger partial charge in [0.2, 0.25) is 0 Å². The van der Waals surface area contributed by atoms with Crippen LogP contribution in [0.2, 0.25) is 0 Å². The molecule has 3 unspecified atom stereocenters. The van der Waals surface area contributed by atoms with Gasteiger partial charge in [0.15, 0.2) is 0 Å². The first-order valence-corrected chi connectivity index (χ1v) is 7.59. The predicted octanol–water partition coefficient (Wildman–Crippen LogP) is 3.42. The number of nitrogens with zero attached hydrogens (tertiary/aromatic N) is 1. The highest BCUT2D eigenvalue weighted by molar-refractivity contribution is 5.31. The van der Waals surface area contributed by atoms with E-state index in [-0.39, 0.29) is 0 Å². The van der Waals surface area contributed by atoms with E-state index < -0.39 is 0 Å². The van der Waals surface area contributed by atoms with E-state index in [1.807, 2.05) is 0 Å². The Labute approximate surface area is 118 Å². The molecular formula is C17H28N2. The van der Waals surface area contributed by atoms with Crippen LogP contribution in [-0.4, -0.2) is 24.0 Å². The maximum Gasteiger partial charge on any atom is 0.0320 e. The molecule has 1 aliphatic heterocycles. The first-order chi connectivity index (χ1) is 9.02. The van der Waals surface area contributed by atoms with Crippen molar-refractivity contribution in [2.24, 2.45) is 11.7 Å². The first-order valence-electron chi connectivity index (χ1n) is 7.59. The molecule has 0 aromatic heterocycles. The number of hydrogen-bond acceptors (Lipinski definition) is 2. The normalized spacial score (nSPS) is 26.4. The summed E-state index contributed by atoms with van der Waals surface area (Å²) in [6.07, 6.45) is 2.32. The summed E-state index contributed by atoms with van der Waals surface area (Å²) in [6, 6.07) is 7.76. The number of nitrogens with two attached hydrogens (primary N) is 1. The Bertz CT molecular complexity index is 427. The van der Waals surface area contributed by atoms with E-state index in [0.717, 1.165) is 19.5 Å². The number of hydrogen-bond donors (Lipinski definition) is 1. The fourth-order valence-corrected chi connectivity index (χ4v) is 3.10. The summed E-state index contributed by atoms with van der Waals surface area (Å²) in [6.45, 7) is 11.2. The Morgan fingerprint density at radius 1 is 1.32 bits per heavy atom. The van der Waals surface area contributed by atoms with Crippen molar-refractivity contribution < 1.29 is 0 Å². The minimum absolute atomic E-state index is 0.396. The zero-order valence-electron chi connectivity index (χ0n) is 12.8. The monoisotopic (exact) mass is 260 g/mol. The lowest BCUT2D eigenvalue weighted by atomic mass is 9.89. The van der Waals surface area contributed by atoms with Crippen LogP contribution in [0.3, 0.4) is 0 Å². The molecule has 2 rings (SSSR count). The molecule has 1 aromatic rings. The standard InChI is InChI=1S/C17H28N2/c1-5-15-11-19(9-8-17(15)18)14(4)16-7-6-12(2)13(3)10-16/h6-7,10,14-15,17H,5,8-9,11,18H2,1-4H3. The molecule has 3 atom stereocenters. The summed E-state index contributed by atoms with van der Waals surface area (Å²) in [5.41, 5.74) is 10.4. The third kappa shape index (κ3) is 3.18. The lowest BCUT2D eigenvalue weighted by Gasteiger charge is -2.40. The van der Waals surface area contributed by atoms with Crippen LogP contribution in [0.1, 0.15) is 49.4 Å². The van der Waals surface area contributed by atoms with Gasteiger partial charge in [-0.1, -0.05) is 31.5 Å². The molecule has 0 bridgehead atoms. The zero-order valence-corrected chi connectivity index (χ0v) is 12.8. The van der Waals surface area contributed by atoms with E-state index in [2.05, 4.69) is 50.8 Å². The van der Waals surface area contributed by atoms with Crippen LogP contribution in [-0.2, 0) is 0 Å². The largest absolute Gasteiger partial charge is 0.327 e. The van der Waals surface area contributed by atoms with Gasteiger partial charge in [0, 0.05) is 25.2 Å². The van der Waals surface area contributed by atoms with Gasteiger partial charge in [-0.3, -0.25) is 4.90 Å². The highest BCUT2D eigenvalue weighted by Crippen LogP contribution is 2.28. The average molecular weight is 260 g/mol. The van der Waals surface area contributed by atoms with Gasteiger partial charge in [0.1, 0.15) is 0 Å². The SMILES string of the molecule is CCC1CN(C(C)c2ccc(C)c(C)c2)CCC1N. The smallest absolute Gasteiger partial charge is 0.0320 e. The molecule has 0 saturated carbocycles. The minimum Gasteiger partial charge on any atom is -0.327 e. The summed E-state index contributed by atoms with van der Waals surface area (Å²) in [7, 11) is 0. The molecule has 0 spiro atoms. The van der Waals surface area contributed by atoms with Gasteiger partial charge in [-0.2, -0.15) is 0 Å². The van der Waals surface area contributed by atoms with Crippen LogP contribution < -0.4 is 5.73 Å². The molecule has 0 aliphatic carbocycles. The van der Waals surface area contributed by atoms with Gasteiger partial charge >= 0.3 is 0 Å². The van der Waals surface area contributed by atoms with E-state index in [9.17, 15) is 0 Å². The molecule has 0 amide bonds. The Balaban J connectivity index is 2.10. The van der Waals surface area contributed by atoms with E-state index in [0.29, 0.717) is 18.0 Å². The van der Waals surface area contributed by atoms with E-state index in [4.69, 9.17) is 5.73 Å². The predicted molar refractivity (Wildman–Crippen MR) is 82.3 cm³/mol. The minimum atomic E-state index is 0.396. The zero-order chi connectivity index (χ0) is 14.0. The van der Waals surface area contributed by atoms with Crippen molar-refractivity contribution >= 4 is 0 Å². The maximum absolute atomic E-state index is 6.21. The molecule has 1 aromatic carbocycles. The van der Waals surface area contributed by atoms with Gasteiger partial charge in [0.05, 0.1) is 0 Å². The topological polar surface area (TPSA) is 29.3 Å². The second-order valence-corrected chi connectivity index (χ2v) is 6.14. The van der Waals surface area contributed by atoms with Crippen LogP contribution >= 0.6 is 0 Å². The van der Waals surface area contributed by atoms with Gasteiger partial charge in [-0.05, 0) is 49.8 Å². The lowest BCUT2D eigenvalue weighted by Crippen LogP contribution is -2.47. The molecule has 19 heavy (non-hydrogen) atoms. The number of benzene rings is 1. The molecule has 1 fully saturated rings. The van der Waals surface area contributed by atoms with Crippen molar-refractivity contribution in [1.29, 1.82) is 0 Å². The second-order valence-electron chi connectivity index (χ2n) is 6.14. The highest BCUT2D eigenvalue weighted by Gasteiger charge is 2.28. The van der Waals surface area contributed by atoms with Gasteiger partial charge in [-0.15, -0.1) is 0 Å². The Morgan fingerprint density at radius 2 is 2.05 bits per heavy atom. The number of aryl methyl sites for hydroxylation is 2.